The van der Waals surface area contributed by atoms with Gasteiger partial charge in [0.15, 0.2) is 5.96 Å². The molecule has 2 aromatic carbocycles. The lowest BCUT2D eigenvalue weighted by Crippen LogP contribution is -2.48. The normalized spacial score (nSPS) is 15.7. The van der Waals surface area contributed by atoms with Crippen molar-refractivity contribution in [3.8, 4) is 0 Å². The fraction of sp³-hybridized carbons (Fsp3) is 0.391. The third kappa shape index (κ3) is 5.51. The maximum absolute atomic E-state index is 4.73. The topological polar surface area (TPSA) is 57.5 Å². The zero-order valence-electron chi connectivity index (χ0n) is 17.7. The molecular weight excluding hydrogens is 487 g/mol. The van der Waals surface area contributed by atoms with Crippen LogP contribution >= 0.6 is 24.0 Å². The number of piperidine rings is 1. The van der Waals surface area contributed by atoms with Crippen LogP contribution in [0.2, 0.25) is 0 Å². The summed E-state index contributed by atoms with van der Waals surface area (Å²) in [5.41, 5.74) is 3.57. The average molecular weight is 518 g/mol. The second kappa shape index (κ2) is 10.8. The molecule has 0 spiro atoms. The highest BCUT2D eigenvalue weighted by atomic mass is 127. The third-order valence-corrected chi connectivity index (χ3v) is 5.69. The largest absolute Gasteiger partial charge is 0.354 e. The van der Waals surface area contributed by atoms with E-state index in [1.807, 2.05) is 19.2 Å². The molecule has 0 unspecified atom stereocenters. The highest BCUT2D eigenvalue weighted by Gasteiger charge is 2.20. The Hall–Kier alpha value is -2.13. The van der Waals surface area contributed by atoms with Crippen molar-refractivity contribution < 1.29 is 0 Å². The molecule has 6 nitrogen and oxygen atoms in total. The molecule has 0 amide bonds. The predicted octanol–water partition coefficient (Wildman–Crippen LogP) is 3.52. The molecule has 160 valence electrons. The van der Waals surface area contributed by atoms with Gasteiger partial charge in [-0.3, -0.25) is 9.89 Å². The number of imidazole rings is 1. The number of hydrogen-bond acceptors (Lipinski definition) is 3. The number of aliphatic imine (C=N–C) groups is 1. The summed E-state index contributed by atoms with van der Waals surface area (Å²) in [4.78, 5) is 11.7. The molecule has 1 aliphatic rings. The van der Waals surface area contributed by atoms with E-state index in [-0.39, 0.29) is 24.0 Å². The molecule has 7 heteroatoms. The molecule has 1 aliphatic heterocycles. The lowest BCUT2D eigenvalue weighted by molar-refractivity contribution is 0.198. The van der Waals surface area contributed by atoms with E-state index in [1.165, 1.54) is 5.56 Å². The van der Waals surface area contributed by atoms with Crippen LogP contribution in [0.3, 0.4) is 0 Å². The number of benzene rings is 2. The Kier molecular flexibility index (Phi) is 8.09. The summed E-state index contributed by atoms with van der Waals surface area (Å²) in [5, 5.41) is 7.02. The van der Waals surface area contributed by atoms with Crippen LogP contribution in [0, 0.1) is 0 Å². The van der Waals surface area contributed by atoms with E-state index < -0.39 is 0 Å². The van der Waals surface area contributed by atoms with Crippen LogP contribution in [-0.4, -0.2) is 46.6 Å². The van der Waals surface area contributed by atoms with E-state index in [4.69, 9.17) is 4.98 Å². The first-order valence-electron chi connectivity index (χ1n) is 10.4. The standard InChI is InChI=1S/C23H30N6.HI/c1-24-23(25-16-22-27-20-10-6-7-11-21(20)28(22)2)26-19-12-14-29(15-13-19)17-18-8-4-3-5-9-18;/h3-11,19H,12-17H2,1-2H3,(H2,24,25,26);1H. The van der Waals surface area contributed by atoms with Gasteiger partial charge in [-0.2, -0.15) is 0 Å². The molecule has 1 fully saturated rings. The first kappa shape index (κ1) is 22.6. The van der Waals surface area contributed by atoms with E-state index in [2.05, 4.69) is 74.6 Å². The van der Waals surface area contributed by atoms with Gasteiger partial charge in [-0.15, -0.1) is 24.0 Å². The molecule has 0 bridgehead atoms. The zero-order chi connectivity index (χ0) is 20.1. The van der Waals surface area contributed by atoms with Crippen LogP contribution in [0.1, 0.15) is 24.2 Å². The minimum Gasteiger partial charge on any atom is -0.354 e. The van der Waals surface area contributed by atoms with Gasteiger partial charge < -0.3 is 15.2 Å². The number of guanidine groups is 1. The van der Waals surface area contributed by atoms with E-state index >= 15 is 0 Å². The van der Waals surface area contributed by atoms with Gasteiger partial charge in [0, 0.05) is 39.8 Å². The monoisotopic (exact) mass is 518 g/mol. The number of halogens is 1. The van der Waals surface area contributed by atoms with Crippen molar-refractivity contribution in [3.05, 3.63) is 66.0 Å². The predicted molar refractivity (Wildman–Crippen MR) is 134 cm³/mol. The first-order valence-corrected chi connectivity index (χ1v) is 10.4. The molecule has 2 heterocycles. The Labute approximate surface area is 195 Å². The van der Waals surface area contributed by atoms with Crippen molar-refractivity contribution in [3.63, 3.8) is 0 Å². The fourth-order valence-electron chi connectivity index (χ4n) is 3.98. The number of rotatable bonds is 5. The average Bonchev–Trinajstić information content (AvgIpc) is 3.09. The SMILES string of the molecule is CN=C(NCc1nc2ccccc2n1C)NC1CCN(Cc2ccccc2)CC1.I. The van der Waals surface area contributed by atoms with Crippen molar-refractivity contribution in [1.82, 2.24) is 25.1 Å². The van der Waals surface area contributed by atoms with E-state index in [1.54, 1.807) is 0 Å². The Balaban J connectivity index is 0.00000256. The second-order valence-corrected chi connectivity index (χ2v) is 7.68. The van der Waals surface area contributed by atoms with Gasteiger partial charge in [-0.25, -0.2) is 4.98 Å². The molecule has 0 aliphatic carbocycles. The van der Waals surface area contributed by atoms with E-state index in [0.717, 1.165) is 55.3 Å². The minimum atomic E-state index is 0. The van der Waals surface area contributed by atoms with Gasteiger partial charge in [-0.1, -0.05) is 42.5 Å². The van der Waals surface area contributed by atoms with Crippen LogP contribution in [0.25, 0.3) is 11.0 Å². The number of nitrogens with zero attached hydrogens (tertiary/aromatic N) is 4. The lowest BCUT2D eigenvalue weighted by atomic mass is 10.0. The number of aromatic nitrogens is 2. The molecule has 1 aromatic heterocycles. The third-order valence-electron chi connectivity index (χ3n) is 5.69. The van der Waals surface area contributed by atoms with Gasteiger partial charge in [0.05, 0.1) is 17.6 Å². The Morgan fingerprint density at radius 3 is 2.47 bits per heavy atom. The van der Waals surface area contributed by atoms with Gasteiger partial charge in [0.1, 0.15) is 5.82 Å². The van der Waals surface area contributed by atoms with Crippen molar-refractivity contribution in [2.75, 3.05) is 20.1 Å². The maximum Gasteiger partial charge on any atom is 0.191 e. The molecule has 0 radical (unpaired) electrons. The summed E-state index contributed by atoms with van der Waals surface area (Å²) in [6, 6.07) is 19.4. The highest BCUT2D eigenvalue weighted by Crippen LogP contribution is 2.15. The number of nitrogens with one attached hydrogen (secondary N) is 2. The number of fused-ring (bicyclic) bond motifs is 1. The van der Waals surface area contributed by atoms with Crippen LogP contribution in [-0.2, 0) is 20.1 Å². The van der Waals surface area contributed by atoms with Gasteiger partial charge in [0.2, 0.25) is 0 Å². The lowest BCUT2D eigenvalue weighted by Gasteiger charge is -2.33. The summed E-state index contributed by atoms with van der Waals surface area (Å²) < 4.78 is 2.14. The minimum absolute atomic E-state index is 0. The highest BCUT2D eigenvalue weighted by molar-refractivity contribution is 14.0. The van der Waals surface area contributed by atoms with Crippen molar-refractivity contribution in [2.45, 2.75) is 32.0 Å². The van der Waals surface area contributed by atoms with Crippen molar-refractivity contribution in [1.29, 1.82) is 0 Å². The summed E-state index contributed by atoms with van der Waals surface area (Å²) in [7, 11) is 3.89. The van der Waals surface area contributed by atoms with Crippen LogP contribution in [0.5, 0.6) is 0 Å². The van der Waals surface area contributed by atoms with Gasteiger partial charge >= 0.3 is 0 Å². The Morgan fingerprint density at radius 2 is 1.77 bits per heavy atom. The summed E-state index contributed by atoms with van der Waals surface area (Å²) in [6.45, 7) is 3.90. The van der Waals surface area contributed by atoms with E-state index in [0.29, 0.717) is 12.6 Å². The molecule has 3 aromatic rings. The Bertz CT molecular complexity index is 960. The summed E-state index contributed by atoms with van der Waals surface area (Å²) in [6.07, 6.45) is 2.25. The maximum atomic E-state index is 4.73. The molecule has 0 saturated carbocycles. The molecule has 2 N–H and O–H groups in total. The summed E-state index contributed by atoms with van der Waals surface area (Å²) in [5.74, 6) is 1.85. The fourth-order valence-corrected chi connectivity index (χ4v) is 3.98. The molecular formula is C23H31IN6. The number of hydrogen-bond donors (Lipinski definition) is 2. The van der Waals surface area contributed by atoms with Gasteiger partial charge in [0.25, 0.3) is 0 Å². The van der Waals surface area contributed by atoms with Crippen molar-refractivity contribution in [2.24, 2.45) is 12.0 Å². The smallest absolute Gasteiger partial charge is 0.191 e. The van der Waals surface area contributed by atoms with Gasteiger partial charge in [-0.05, 0) is 30.5 Å². The number of para-hydroxylation sites is 2. The first-order chi connectivity index (χ1) is 14.2. The molecule has 30 heavy (non-hydrogen) atoms. The van der Waals surface area contributed by atoms with Crippen LogP contribution in [0.4, 0.5) is 0 Å². The zero-order valence-corrected chi connectivity index (χ0v) is 20.0. The van der Waals surface area contributed by atoms with Crippen molar-refractivity contribution >= 4 is 41.0 Å². The molecule has 0 atom stereocenters. The Morgan fingerprint density at radius 1 is 1.07 bits per heavy atom. The number of aryl methyl sites for hydroxylation is 1. The number of likely N-dealkylation sites (tertiary alicyclic amines) is 1. The summed E-state index contributed by atoms with van der Waals surface area (Å²) >= 11 is 0. The molecule has 4 rings (SSSR count). The van der Waals surface area contributed by atoms with Crippen LogP contribution < -0.4 is 10.6 Å². The van der Waals surface area contributed by atoms with Crippen LogP contribution in [0.15, 0.2) is 59.6 Å². The second-order valence-electron chi connectivity index (χ2n) is 7.68. The quantitative estimate of drug-likeness (QED) is 0.309. The molecule has 1 saturated heterocycles. The van der Waals surface area contributed by atoms with E-state index in [9.17, 15) is 0 Å².